The molecule has 2 heterocycles. The highest BCUT2D eigenvalue weighted by molar-refractivity contribution is 9.10. The number of nitrogens with zero attached hydrogens (tertiary/aromatic N) is 2. The summed E-state index contributed by atoms with van der Waals surface area (Å²) in [5.41, 5.74) is 0. The van der Waals surface area contributed by atoms with E-state index in [4.69, 9.17) is 4.52 Å². The van der Waals surface area contributed by atoms with E-state index in [-0.39, 0.29) is 5.92 Å². The quantitative estimate of drug-likeness (QED) is 0.859. The Bertz CT molecular complexity index is 525. The fourth-order valence-electron chi connectivity index (χ4n) is 2.06. The van der Waals surface area contributed by atoms with Crippen LogP contribution >= 0.6 is 27.3 Å². The van der Waals surface area contributed by atoms with E-state index in [1.165, 1.54) is 0 Å². The zero-order valence-corrected chi connectivity index (χ0v) is 13.7. The molecule has 0 aliphatic heterocycles. The van der Waals surface area contributed by atoms with Crippen molar-refractivity contribution in [1.82, 2.24) is 15.5 Å². The van der Waals surface area contributed by atoms with E-state index < -0.39 is 0 Å². The fraction of sp³-hybridized carbons (Fsp3) is 0.538. The van der Waals surface area contributed by atoms with Crippen LogP contribution in [0.15, 0.2) is 20.4 Å². The molecule has 0 aromatic carbocycles. The van der Waals surface area contributed by atoms with E-state index >= 15 is 0 Å². The maximum absolute atomic E-state index is 5.41. The zero-order chi connectivity index (χ0) is 13.8. The summed E-state index contributed by atoms with van der Waals surface area (Å²) in [6.07, 6.45) is 1.04. The van der Waals surface area contributed by atoms with Crippen LogP contribution in [0.4, 0.5) is 0 Å². The van der Waals surface area contributed by atoms with Gasteiger partial charge in [-0.15, -0.1) is 11.3 Å². The SMILES string of the molecule is CCNC(CC)C(C)c1nc(-c2cc(Br)cs2)no1. The van der Waals surface area contributed by atoms with E-state index in [9.17, 15) is 0 Å². The van der Waals surface area contributed by atoms with Crippen molar-refractivity contribution in [3.8, 4) is 10.7 Å². The Morgan fingerprint density at radius 1 is 1.47 bits per heavy atom. The molecule has 104 valence electrons. The summed E-state index contributed by atoms with van der Waals surface area (Å²) in [4.78, 5) is 5.54. The predicted octanol–water partition coefficient (Wildman–Crippen LogP) is 4.05. The van der Waals surface area contributed by atoms with Crippen molar-refractivity contribution in [2.75, 3.05) is 6.54 Å². The first kappa shape index (κ1) is 14.7. The van der Waals surface area contributed by atoms with Crippen LogP contribution in [0.3, 0.4) is 0 Å². The molecule has 4 nitrogen and oxygen atoms in total. The summed E-state index contributed by atoms with van der Waals surface area (Å²) in [5, 5.41) is 9.54. The number of aromatic nitrogens is 2. The third-order valence-corrected chi connectivity index (χ3v) is 4.82. The maximum atomic E-state index is 5.41. The van der Waals surface area contributed by atoms with Gasteiger partial charge in [0.15, 0.2) is 0 Å². The summed E-state index contributed by atoms with van der Waals surface area (Å²) < 4.78 is 6.46. The van der Waals surface area contributed by atoms with Gasteiger partial charge in [-0.05, 0) is 35.0 Å². The van der Waals surface area contributed by atoms with Gasteiger partial charge >= 0.3 is 0 Å². The molecular formula is C13H18BrN3OS. The summed E-state index contributed by atoms with van der Waals surface area (Å²) in [7, 11) is 0. The number of hydrogen-bond acceptors (Lipinski definition) is 5. The lowest BCUT2D eigenvalue weighted by Gasteiger charge is -2.20. The summed E-state index contributed by atoms with van der Waals surface area (Å²) in [6.45, 7) is 7.34. The van der Waals surface area contributed by atoms with E-state index in [0.29, 0.717) is 17.8 Å². The van der Waals surface area contributed by atoms with Gasteiger partial charge in [-0.2, -0.15) is 4.98 Å². The monoisotopic (exact) mass is 343 g/mol. The molecular weight excluding hydrogens is 326 g/mol. The highest BCUT2D eigenvalue weighted by atomic mass is 79.9. The first-order valence-corrected chi connectivity index (χ1v) is 8.14. The molecule has 0 aliphatic rings. The van der Waals surface area contributed by atoms with Crippen LogP contribution in [0, 0.1) is 0 Å². The van der Waals surface area contributed by atoms with Crippen LogP contribution in [-0.2, 0) is 0 Å². The Morgan fingerprint density at radius 2 is 2.26 bits per heavy atom. The normalized spacial score (nSPS) is 14.5. The fourth-order valence-corrected chi connectivity index (χ4v) is 3.41. The van der Waals surface area contributed by atoms with E-state index in [2.05, 4.69) is 52.2 Å². The molecule has 2 unspecified atom stereocenters. The zero-order valence-electron chi connectivity index (χ0n) is 11.3. The van der Waals surface area contributed by atoms with Gasteiger partial charge in [-0.1, -0.05) is 25.9 Å². The van der Waals surface area contributed by atoms with Gasteiger partial charge in [-0.3, -0.25) is 0 Å². The topological polar surface area (TPSA) is 51.0 Å². The second-order valence-corrected chi connectivity index (χ2v) is 6.27. The van der Waals surface area contributed by atoms with Crippen molar-refractivity contribution in [2.24, 2.45) is 0 Å². The van der Waals surface area contributed by atoms with Gasteiger partial charge in [0, 0.05) is 15.9 Å². The lowest BCUT2D eigenvalue weighted by Crippen LogP contribution is -2.33. The number of rotatable bonds is 6. The standard InChI is InChI=1S/C13H18BrN3OS/c1-4-10(15-5-2)8(3)13-16-12(17-18-13)11-6-9(14)7-19-11/h6-8,10,15H,4-5H2,1-3H3. The molecule has 0 radical (unpaired) electrons. The first-order valence-electron chi connectivity index (χ1n) is 6.47. The van der Waals surface area contributed by atoms with Crippen molar-refractivity contribution in [3.63, 3.8) is 0 Å². The molecule has 2 aromatic heterocycles. The second-order valence-electron chi connectivity index (χ2n) is 4.45. The van der Waals surface area contributed by atoms with E-state index in [0.717, 1.165) is 22.3 Å². The van der Waals surface area contributed by atoms with Gasteiger partial charge in [0.1, 0.15) is 0 Å². The van der Waals surface area contributed by atoms with Crippen LogP contribution in [0.5, 0.6) is 0 Å². The lowest BCUT2D eigenvalue weighted by atomic mass is 9.99. The Morgan fingerprint density at radius 3 is 2.84 bits per heavy atom. The first-order chi connectivity index (χ1) is 9.15. The van der Waals surface area contributed by atoms with Gasteiger partial charge in [0.2, 0.25) is 11.7 Å². The summed E-state index contributed by atoms with van der Waals surface area (Å²) in [6, 6.07) is 2.37. The molecule has 0 amide bonds. The molecule has 2 aromatic rings. The number of hydrogen-bond donors (Lipinski definition) is 1. The summed E-state index contributed by atoms with van der Waals surface area (Å²) >= 11 is 5.04. The molecule has 6 heteroatoms. The largest absolute Gasteiger partial charge is 0.339 e. The van der Waals surface area contributed by atoms with E-state index in [1.807, 2.05) is 11.4 Å². The highest BCUT2D eigenvalue weighted by Crippen LogP contribution is 2.29. The average Bonchev–Trinajstić information content (AvgIpc) is 3.03. The van der Waals surface area contributed by atoms with Crippen LogP contribution in [0.2, 0.25) is 0 Å². The van der Waals surface area contributed by atoms with Gasteiger partial charge in [0.05, 0.1) is 10.8 Å². The van der Waals surface area contributed by atoms with E-state index in [1.54, 1.807) is 11.3 Å². The van der Waals surface area contributed by atoms with Crippen molar-refractivity contribution in [3.05, 3.63) is 21.8 Å². The lowest BCUT2D eigenvalue weighted by molar-refractivity contribution is 0.321. The Balaban J connectivity index is 2.16. The van der Waals surface area contributed by atoms with Crippen LogP contribution < -0.4 is 5.32 Å². The molecule has 0 fully saturated rings. The molecule has 2 atom stereocenters. The Labute approximate surface area is 125 Å². The van der Waals surface area contributed by atoms with Crippen LogP contribution in [0.25, 0.3) is 10.7 Å². The Hall–Kier alpha value is -0.720. The average molecular weight is 344 g/mol. The van der Waals surface area contributed by atoms with Crippen molar-refractivity contribution in [1.29, 1.82) is 0 Å². The van der Waals surface area contributed by atoms with Crippen molar-refractivity contribution < 1.29 is 4.52 Å². The van der Waals surface area contributed by atoms with Gasteiger partial charge in [0.25, 0.3) is 0 Å². The predicted molar refractivity (Wildman–Crippen MR) is 81.5 cm³/mol. The Kier molecular flexibility index (Phi) is 5.13. The number of nitrogens with one attached hydrogen (secondary N) is 1. The minimum atomic E-state index is 0.217. The smallest absolute Gasteiger partial charge is 0.231 e. The second kappa shape index (κ2) is 6.63. The number of thiophene rings is 1. The third-order valence-electron chi connectivity index (χ3n) is 3.13. The van der Waals surface area contributed by atoms with Gasteiger partial charge < -0.3 is 9.84 Å². The molecule has 2 rings (SSSR count). The maximum Gasteiger partial charge on any atom is 0.231 e. The third kappa shape index (κ3) is 3.43. The minimum Gasteiger partial charge on any atom is -0.339 e. The molecule has 1 N–H and O–H groups in total. The molecule has 19 heavy (non-hydrogen) atoms. The van der Waals surface area contributed by atoms with Crippen LogP contribution in [0.1, 0.15) is 39.0 Å². The number of halogens is 1. The highest BCUT2D eigenvalue weighted by Gasteiger charge is 2.22. The van der Waals surface area contributed by atoms with Crippen molar-refractivity contribution in [2.45, 2.75) is 39.2 Å². The van der Waals surface area contributed by atoms with Crippen LogP contribution in [-0.4, -0.2) is 22.7 Å². The minimum absolute atomic E-state index is 0.217. The molecule has 0 spiro atoms. The summed E-state index contributed by atoms with van der Waals surface area (Å²) in [5.74, 6) is 1.59. The molecule has 0 aliphatic carbocycles. The molecule has 0 bridgehead atoms. The number of likely N-dealkylation sites (N-methyl/N-ethyl adjacent to an activating group) is 1. The molecule has 0 saturated heterocycles. The molecule has 0 saturated carbocycles. The van der Waals surface area contributed by atoms with Crippen molar-refractivity contribution >= 4 is 27.3 Å². The van der Waals surface area contributed by atoms with Gasteiger partial charge in [-0.25, -0.2) is 0 Å².